The summed E-state index contributed by atoms with van der Waals surface area (Å²) in [6, 6.07) is 7.48. The summed E-state index contributed by atoms with van der Waals surface area (Å²) in [6.45, 7) is 0.893. The Morgan fingerprint density at radius 3 is 2.70 bits per heavy atom. The minimum absolute atomic E-state index is 0.0910. The molecular weight excluding hydrogens is 296 g/mol. The van der Waals surface area contributed by atoms with Crippen molar-refractivity contribution in [1.29, 1.82) is 0 Å². The lowest BCUT2D eigenvalue weighted by molar-refractivity contribution is -0.154. The number of aromatic nitrogens is 1. The number of carboxylic acids is 1. The highest BCUT2D eigenvalue weighted by Crippen LogP contribution is 2.30. The number of benzene rings is 1. The monoisotopic (exact) mass is 314 g/mol. The molecule has 1 saturated heterocycles. The van der Waals surface area contributed by atoms with Gasteiger partial charge in [-0.2, -0.15) is 0 Å². The van der Waals surface area contributed by atoms with Gasteiger partial charge in [0.25, 0.3) is 5.91 Å². The molecule has 1 amide bonds. The lowest BCUT2D eigenvalue weighted by Crippen LogP contribution is -2.46. The van der Waals surface area contributed by atoms with Crippen LogP contribution in [0.3, 0.4) is 0 Å². The van der Waals surface area contributed by atoms with Gasteiger partial charge in [-0.15, -0.1) is 0 Å². The summed E-state index contributed by atoms with van der Waals surface area (Å²) < 4.78 is 5.24. The van der Waals surface area contributed by atoms with E-state index in [1.165, 1.54) is 6.20 Å². The number of aliphatic carboxylic acids is 1. The second-order valence-corrected chi connectivity index (χ2v) is 5.79. The Balaban J connectivity index is 1.79. The van der Waals surface area contributed by atoms with Gasteiger partial charge in [0, 0.05) is 37.5 Å². The van der Waals surface area contributed by atoms with Gasteiger partial charge in [0.2, 0.25) is 0 Å². The van der Waals surface area contributed by atoms with E-state index >= 15 is 0 Å². The van der Waals surface area contributed by atoms with Crippen molar-refractivity contribution in [2.24, 2.45) is 5.41 Å². The molecule has 1 fully saturated rings. The van der Waals surface area contributed by atoms with Gasteiger partial charge >= 0.3 is 5.97 Å². The Kier molecular flexibility index (Phi) is 4.25. The Bertz CT molecular complexity index is 733. The molecule has 2 heterocycles. The molecule has 1 aliphatic rings. The molecule has 6 heteroatoms. The number of nitrogens with one attached hydrogen (secondary N) is 1. The second kappa shape index (κ2) is 6.34. The number of pyridine rings is 1. The van der Waals surface area contributed by atoms with Gasteiger partial charge in [-0.1, -0.05) is 24.3 Å². The first-order valence-electron chi connectivity index (χ1n) is 7.54. The average Bonchev–Trinajstić information content (AvgIpc) is 2.60. The van der Waals surface area contributed by atoms with Crippen molar-refractivity contribution in [3.63, 3.8) is 0 Å². The zero-order valence-corrected chi connectivity index (χ0v) is 12.6. The Morgan fingerprint density at radius 2 is 1.96 bits per heavy atom. The van der Waals surface area contributed by atoms with E-state index in [0.717, 1.165) is 10.8 Å². The van der Waals surface area contributed by atoms with Crippen LogP contribution in [0, 0.1) is 5.41 Å². The van der Waals surface area contributed by atoms with Gasteiger partial charge in [0.1, 0.15) is 0 Å². The number of hydrogen-bond acceptors (Lipinski definition) is 4. The number of carbonyl (C=O) groups excluding carboxylic acids is 1. The molecule has 6 nitrogen and oxygen atoms in total. The molecule has 120 valence electrons. The minimum atomic E-state index is -0.952. The number of nitrogens with zero attached hydrogens (tertiary/aromatic N) is 1. The molecule has 0 spiro atoms. The molecule has 0 radical (unpaired) electrons. The Hall–Kier alpha value is -2.47. The standard InChI is InChI=1S/C17H18N2O4/c20-15(14-10-18-9-12-3-1-2-4-13(12)14)19-11-17(16(21)22)5-7-23-8-6-17/h1-4,9-10H,5-8,11H2,(H,19,20)(H,21,22). The van der Waals surface area contributed by atoms with Gasteiger partial charge in [-0.25, -0.2) is 0 Å². The fourth-order valence-electron chi connectivity index (χ4n) is 2.87. The second-order valence-electron chi connectivity index (χ2n) is 5.79. The first-order chi connectivity index (χ1) is 11.1. The van der Waals surface area contributed by atoms with E-state index in [9.17, 15) is 14.7 Å². The fourth-order valence-corrected chi connectivity index (χ4v) is 2.87. The number of carboxylic acid groups (broad SMARTS) is 1. The van der Waals surface area contributed by atoms with E-state index in [2.05, 4.69) is 10.3 Å². The third kappa shape index (κ3) is 3.03. The quantitative estimate of drug-likeness (QED) is 0.899. The molecule has 0 atom stereocenters. The molecule has 2 N–H and O–H groups in total. The lowest BCUT2D eigenvalue weighted by atomic mass is 9.80. The first-order valence-corrected chi connectivity index (χ1v) is 7.54. The summed E-state index contributed by atoms with van der Waals surface area (Å²) in [5.41, 5.74) is -0.498. The van der Waals surface area contributed by atoms with Crippen molar-refractivity contribution in [3.8, 4) is 0 Å². The van der Waals surface area contributed by atoms with E-state index in [1.807, 2.05) is 24.3 Å². The average molecular weight is 314 g/mol. The van der Waals surface area contributed by atoms with Crippen molar-refractivity contribution in [1.82, 2.24) is 10.3 Å². The van der Waals surface area contributed by atoms with Gasteiger partial charge in [0.15, 0.2) is 0 Å². The van der Waals surface area contributed by atoms with Crippen molar-refractivity contribution in [2.45, 2.75) is 12.8 Å². The Morgan fingerprint density at radius 1 is 1.22 bits per heavy atom. The number of rotatable bonds is 4. The van der Waals surface area contributed by atoms with E-state index < -0.39 is 11.4 Å². The van der Waals surface area contributed by atoms with E-state index in [-0.39, 0.29) is 12.5 Å². The fraction of sp³-hybridized carbons (Fsp3) is 0.353. The number of fused-ring (bicyclic) bond motifs is 1. The van der Waals surface area contributed by atoms with Crippen LogP contribution in [0.25, 0.3) is 10.8 Å². The SMILES string of the molecule is O=C(NCC1(C(=O)O)CCOCC1)c1cncc2ccccc12. The number of carbonyl (C=O) groups is 2. The van der Waals surface area contributed by atoms with Crippen LogP contribution in [-0.2, 0) is 9.53 Å². The minimum Gasteiger partial charge on any atom is -0.481 e. The zero-order chi connectivity index (χ0) is 16.3. The van der Waals surface area contributed by atoms with E-state index in [1.54, 1.807) is 6.20 Å². The van der Waals surface area contributed by atoms with Crippen molar-refractivity contribution >= 4 is 22.6 Å². The zero-order valence-electron chi connectivity index (χ0n) is 12.6. The highest BCUT2D eigenvalue weighted by molar-refractivity contribution is 6.06. The van der Waals surface area contributed by atoms with Gasteiger partial charge < -0.3 is 15.2 Å². The molecule has 2 aromatic rings. The van der Waals surface area contributed by atoms with Gasteiger partial charge in [-0.05, 0) is 18.2 Å². The molecule has 0 unspecified atom stereocenters. The summed E-state index contributed by atoms with van der Waals surface area (Å²) in [6.07, 6.45) is 4.01. The van der Waals surface area contributed by atoms with Crippen LogP contribution in [0.4, 0.5) is 0 Å². The number of amides is 1. The first kappa shape index (κ1) is 15.4. The maximum atomic E-state index is 12.5. The molecule has 1 aliphatic heterocycles. The van der Waals surface area contributed by atoms with Crippen molar-refractivity contribution in [3.05, 3.63) is 42.2 Å². The molecule has 3 rings (SSSR count). The molecule has 1 aromatic heterocycles. The molecular formula is C17H18N2O4. The van der Waals surface area contributed by atoms with Gasteiger partial charge in [0.05, 0.1) is 11.0 Å². The van der Waals surface area contributed by atoms with Crippen LogP contribution in [0.15, 0.2) is 36.7 Å². The maximum absolute atomic E-state index is 12.5. The summed E-state index contributed by atoms with van der Waals surface area (Å²) >= 11 is 0. The van der Waals surface area contributed by atoms with Crippen LogP contribution in [0.1, 0.15) is 23.2 Å². The summed E-state index contributed by atoms with van der Waals surface area (Å²) in [4.78, 5) is 28.2. The summed E-state index contributed by atoms with van der Waals surface area (Å²) in [5, 5.41) is 14.0. The molecule has 1 aromatic carbocycles. The van der Waals surface area contributed by atoms with Crippen LogP contribution >= 0.6 is 0 Å². The maximum Gasteiger partial charge on any atom is 0.311 e. The number of ether oxygens (including phenoxy) is 1. The van der Waals surface area contributed by atoms with Crippen LogP contribution in [-0.4, -0.2) is 41.7 Å². The smallest absolute Gasteiger partial charge is 0.311 e. The number of hydrogen-bond donors (Lipinski definition) is 2. The topological polar surface area (TPSA) is 88.5 Å². The highest BCUT2D eigenvalue weighted by atomic mass is 16.5. The van der Waals surface area contributed by atoms with Crippen LogP contribution in [0.2, 0.25) is 0 Å². The van der Waals surface area contributed by atoms with Crippen molar-refractivity contribution in [2.75, 3.05) is 19.8 Å². The van der Waals surface area contributed by atoms with Crippen LogP contribution < -0.4 is 5.32 Å². The largest absolute Gasteiger partial charge is 0.481 e. The Labute approximate surface area is 133 Å². The predicted octanol–water partition coefficient (Wildman–Crippen LogP) is 1.85. The van der Waals surface area contributed by atoms with Gasteiger partial charge in [-0.3, -0.25) is 14.6 Å². The predicted molar refractivity (Wildman–Crippen MR) is 84.2 cm³/mol. The molecule has 0 aliphatic carbocycles. The third-order valence-corrected chi connectivity index (χ3v) is 4.40. The normalized spacial score (nSPS) is 16.9. The molecule has 23 heavy (non-hydrogen) atoms. The molecule has 0 saturated carbocycles. The highest BCUT2D eigenvalue weighted by Gasteiger charge is 2.40. The third-order valence-electron chi connectivity index (χ3n) is 4.40. The van der Waals surface area contributed by atoms with Crippen LogP contribution in [0.5, 0.6) is 0 Å². The van der Waals surface area contributed by atoms with E-state index in [4.69, 9.17) is 4.74 Å². The lowest BCUT2D eigenvalue weighted by Gasteiger charge is -2.33. The molecule has 0 bridgehead atoms. The van der Waals surface area contributed by atoms with Crippen molar-refractivity contribution < 1.29 is 19.4 Å². The summed E-state index contributed by atoms with van der Waals surface area (Å²) in [5.74, 6) is -1.20. The van der Waals surface area contributed by atoms with E-state index in [0.29, 0.717) is 31.6 Å². The summed E-state index contributed by atoms with van der Waals surface area (Å²) in [7, 11) is 0.